The molecular weight excluding hydrogens is 234 g/mol. The molecule has 0 aliphatic carbocycles. The third-order valence-electron chi connectivity index (χ3n) is 1.58. The quantitative estimate of drug-likeness (QED) is 0.361. The van der Waals surface area contributed by atoms with E-state index in [1.165, 1.54) is 0 Å². The number of hydrogen-bond acceptors (Lipinski definition) is 4. The first-order valence-electron chi connectivity index (χ1n) is 3.34. The van der Waals surface area contributed by atoms with Crippen molar-refractivity contribution in [3.05, 3.63) is 12.4 Å². The van der Waals surface area contributed by atoms with Crippen LogP contribution in [0.3, 0.4) is 0 Å². The first-order chi connectivity index (χ1) is 5.93. The largest absolute Gasteiger partial charge is 1.00 e. The molecule has 0 fully saturated rings. The maximum atomic E-state index is 4.19. The standard InChI is InChI=1S/C6H2N6.2K/c1-3-5(11-7-1)10-6-4(9-3)2-8-12-6;;/h1-2H;;/q-2;2*+1. The van der Waals surface area contributed by atoms with Gasteiger partial charge in [-0.2, -0.15) is 0 Å². The summed E-state index contributed by atoms with van der Waals surface area (Å²) in [5.74, 6) is 0. The molecule has 0 aliphatic heterocycles. The van der Waals surface area contributed by atoms with E-state index >= 15 is 0 Å². The van der Waals surface area contributed by atoms with E-state index in [-0.39, 0.29) is 103 Å². The predicted molar refractivity (Wildman–Crippen MR) is 39.3 cm³/mol. The van der Waals surface area contributed by atoms with Crippen LogP contribution in [0, 0.1) is 0 Å². The van der Waals surface area contributed by atoms with Crippen LogP contribution < -0.4 is 113 Å². The molecule has 0 bridgehead atoms. The minimum atomic E-state index is 0. The Morgan fingerprint density at radius 2 is 1.93 bits per heavy atom. The van der Waals surface area contributed by atoms with Crippen LogP contribution in [0.15, 0.2) is 12.4 Å². The van der Waals surface area contributed by atoms with Crippen molar-refractivity contribution in [2.45, 2.75) is 0 Å². The van der Waals surface area contributed by atoms with Crippen molar-refractivity contribution in [2.75, 3.05) is 0 Å². The summed E-state index contributed by atoms with van der Waals surface area (Å²) in [7, 11) is 0. The Hall–Kier alpha value is 1.29. The molecule has 0 aliphatic rings. The SMILES string of the molecule is [K+].[K+].c1[n-]nc2nc3[n-]ncc3nc12. The summed E-state index contributed by atoms with van der Waals surface area (Å²) in [6.45, 7) is 0. The molecule has 3 heterocycles. The van der Waals surface area contributed by atoms with Crippen molar-refractivity contribution in [1.29, 1.82) is 0 Å². The molecule has 0 saturated carbocycles. The van der Waals surface area contributed by atoms with Crippen LogP contribution in [0.5, 0.6) is 0 Å². The number of nitrogens with zero attached hydrogens (tertiary/aromatic N) is 6. The molecule has 3 aromatic rings. The minimum absolute atomic E-state index is 0. The van der Waals surface area contributed by atoms with Crippen LogP contribution in [0.1, 0.15) is 0 Å². The fraction of sp³-hybridized carbons (Fsp3) is 0. The van der Waals surface area contributed by atoms with Crippen LogP contribution >= 0.6 is 0 Å². The molecule has 0 saturated heterocycles. The number of hydrogen-bond donors (Lipinski definition) is 0. The van der Waals surface area contributed by atoms with E-state index in [2.05, 4.69) is 30.4 Å². The maximum Gasteiger partial charge on any atom is 1.00 e. The van der Waals surface area contributed by atoms with Gasteiger partial charge in [-0.05, 0) is 5.65 Å². The van der Waals surface area contributed by atoms with Gasteiger partial charge in [0.2, 0.25) is 0 Å². The van der Waals surface area contributed by atoms with Crippen molar-refractivity contribution in [3.63, 3.8) is 0 Å². The molecule has 6 nitrogen and oxygen atoms in total. The molecule has 0 atom stereocenters. The van der Waals surface area contributed by atoms with Gasteiger partial charge in [0.15, 0.2) is 0 Å². The Morgan fingerprint density at radius 3 is 2.79 bits per heavy atom. The maximum absolute atomic E-state index is 4.19. The van der Waals surface area contributed by atoms with Gasteiger partial charge in [0.1, 0.15) is 0 Å². The van der Waals surface area contributed by atoms with Crippen LogP contribution in [0.25, 0.3) is 22.3 Å². The predicted octanol–water partition coefficient (Wildman–Crippen LogP) is -6.50. The summed E-state index contributed by atoms with van der Waals surface area (Å²) in [4.78, 5) is 8.27. The smallest absolute Gasteiger partial charge is 0.580 e. The van der Waals surface area contributed by atoms with E-state index < -0.39 is 0 Å². The van der Waals surface area contributed by atoms with E-state index in [4.69, 9.17) is 0 Å². The molecule has 0 unspecified atom stereocenters. The number of fused-ring (bicyclic) bond motifs is 2. The van der Waals surface area contributed by atoms with E-state index in [1.807, 2.05) is 0 Å². The molecule has 58 valence electrons. The van der Waals surface area contributed by atoms with Crippen LogP contribution in [-0.4, -0.2) is 20.2 Å². The fourth-order valence-corrected chi connectivity index (χ4v) is 1.04. The van der Waals surface area contributed by atoms with Gasteiger partial charge in [-0.25, -0.2) is 4.98 Å². The van der Waals surface area contributed by atoms with Gasteiger partial charge >= 0.3 is 103 Å². The zero-order valence-electron chi connectivity index (χ0n) is 7.84. The Kier molecular flexibility index (Phi) is 5.31. The molecule has 0 N–H and O–H groups in total. The van der Waals surface area contributed by atoms with Gasteiger partial charge in [-0.3, -0.25) is 5.10 Å². The zero-order chi connectivity index (χ0) is 7.97. The van der Waals surface area contributed by atoms with Crippen LogP contribution in [0.2, 0.25) is 0 Å². The summed E-state index contributed by atoms with van der Waals surface area (Å²) >= 11 is 0. The topological polar surface area (TPSA) is 79.8 Å². The monoisotopic (exact) mass is 236 g/mol. The second kappa shape index (κ2) is 5.57. The van der Waals surface area contributed by atoms with Crippen molar-refractivity contribution in [1.82, 2.24) is 30.4 Å². The second-order valence-electron chi connectivity index (χ2n) is 2.33. The average Bonchev–Trinajstić information content (AvgIpc) is 2.64. The second-order valence-corrected chi connectivity index (χ2v) is 2.33. The fourth-order valence-electron chi connectivity index (χ4n) is 1.04. The Morgan fingerprint density at radius 1 is 1.07 bits per heavy atom. The van der Waals surface area contributed by atoms with Gasteiger partial charge in [0, 0.05) is 0 Å². The Labute approximate surface area is 164 Å². The summed E-state index contributed by atoms with van der Waals surface area (Å²) in [5, 5.41) is 14.9. The number of rotatable bonds is 0. The molecular formula is C6H2K2N6. The van der Waals surface area contributed by atoms with Gasteiger partial charge < -0.3 is 20.3 Å². The zero-order valence-corrected chi connectivity index (χ0v) is 14.1. The van der Waals surface area contributed by atoms with Gasteiger partial charge in [-0.15, -0.1) is 6.20 Å². The van der Waals surface area contributed by atoms with Crippen molar-refractivity contribution >= 4 is 22.3 Å². The number of aromatic nitrogens is 6. The third kappa shape index (κ3) is 2.34. The first kappa shape index (κ1) is 13.4. The summed E-state index contributed by atoms with van der Waals surface area (Å²) in [5.41, 5.74) is 2.39. The van der Waals surface area contributed by atoms with Gasteiger partial charge in [-0.1, -0.05) is 0 Å². The molecule has 8 heteroatoms. The Bertz CT molecular complexity index is 452. The summed E-state index contributed by atoms with van der Waals surface area (Å²) in [6, 6.07) is 0. The molecule has 3 aromatic heterocycles. The molecule has 0 spiro atoms. The van der Waals surface area contributed by atoms with Crippen molar-refractivity contribution in [2.24, 2.45) is 0 Å². The minimum Gasteiger partial charge on any atom is -0.580 e. The van der Waals surface area contributed by atoms with Crippen molar-refractivity contribution in [3.8, 4) is 0 Å². The third-order valence-corrected chi connectivity index (χ3v) is 1.58. The van der Waals surface area contributed by atoms with Crippen molar-refractivity contribution < 1.29 is 103 Å². The van der Waals surface area contributed by atoms with E-state index in [0.717, 1.165) is 0 Å². The summed E-state index contributed by atoms with van der Waals surface area (Å²) < 4.78 is 0. The normalized spacial score (nSPS) is 9.71. The van der Waals surface area contributed by atoms with Crippen LogP contribution in [0.4, 0.5) is 0 Å². The van der Waals surface area contributed by atoms with E-state index in [9.17, 15) is 0 Å². The Balaban J connectivity index is 0.000000490. The molecule has 0 radical (unpaired) electrons. The average molecular weight is 236 g/mol. The molecule has 0 aromatic carbocycles. The molecule has 0 amide bonds. The first-order valence-corrected chi connectivity index (χ1v) is 3.34. The molecule has 3 rings (SSSR count). The van der Waals surface area contributed by atoms with Gasteiger partial charge in [0.25, 0.3) is 0 Å². The van der Waals surface area contributed by atoms with Gasteiger partial charge in [0.05, 0.1) is 22.9 Å². The van der Waals surface area contributed by atoms with E-state index in [0.29, 0.717) is 22.3 Å². The van der Waals surface area contributed by atoms with Crippen LogP contribution in [-0.2, 0) is 0 Å². The van der Waals surface area contributed by atoms with E-state index in [1.54, 1.807) is 12.4 Å². The molecule has 14 heavy (non-hydrogen) atoms. The summed E-state index contributed by atoms with van der Waals surface area (Å²) in [6.07, 6.45) is 3.13.